The van der Waals surface area contributed by atoms with Crippen molar-refractivity contribution in [1.29, 1.82) is 0 Å². The molecule has 1 amide bonds. The van der Waals surface area contributed by atoms with Crippen molar-refractivity contribution in [2.45, 2.75) is 19.5 Å². The third-order valence-corrected chi connectivity index (χ3v) is 5.50. The van der Waals surface area contributed by atoms with E-state index in [2.05, 4.69) is 38.6 Å². The molecule has 0 saturated carbocycles. The summed E-state index contributed by atoms with van der Waals surface area (Å²) < 4.78 is 4.96. The lowest BCUT2D eigenvalue weighted by molar-refractivity contribution is 0.0943. The highest BCUT2D eigenvalue weighted by molar-refractivity contribution is 7.17. The van der Waals surface area contributed by atoms with Crippen molar-refractivity contribution >= 4 is 39.1 Å². The number of nitrogens with one attached hydrogen (secondary N) is 1. The molecular formula is C20H19ClN4OS. The summed E-state index contributed by atoms with van der Waals surface area (Å²) in [6.45, 7) is 1.84. The van der Waals surface area contributed by atoms with E-state index in [4.69, 9.17) is 11.6 Å². The number of aryl methyl sites for hydroxylation is 2. The molecule has 138 valence electrons. The molecule has 0 spiro atoms. The molecule has 1 aromatic carbocycles. The first kappa shape index (κ1) is 17.8. The van der Waals surface area contributed by atoms with Gasteiger partial charge in [0, 0.05) is 19.3 Å². The summed E-state index contributed by atoms with van der Waals surface area (Å²) in [4.78, 5) is 12.8. The fourth-order valence-electron chi connectivity index (χ4n) is 3.13. The number of amides is 1. The SMILES string of the molecule is O=C(NCCn1cc(Cl)cn1)c1cc2sccc2n1CCc1ccccc1. The van der Waals surface area contributed by atoms with Gasteiger partial charge >= 0.3 is 0 Å². The van der Waals surface area contributed by atoms with Crippen molar-refractivity contribution in [3.63, 3.8) is 0 Å². The van der Waals surface area contributed by atoms with Crippen LogP contribution in [0, 0.1) is 0 Å². The van der Waals surface area contributed by atoms with Gasteiger partial charge in [-0.25, -0.2) is 0 Å². The fourth-order valence-corrected chi connectivity index (χ4v) is 4.11. The Bertz CT molecular complexity index is 1050. The van der Waals surface area contributed by atoms with E-state index in [1.165, 1.54) is 5.56 Å². The molecule has 0 bridgehead atoms. The van der Waals surface area contributed by atoms with Gasteiger partial charge < -0.3 is 9.88 Å². The molecule has 0 aliphatic carbocycles. The number of halogens is 1. The summed E-state index contributed by atoms with van der Waals surface area (Å²) in [5, 5.41) is 9.77. The van der Waals surface area contributed by atoms with Gasteiger partial charge in [-0.05, 0) is 29.5 Å². The van der Waals surface area contributed by atoms with Crippen LogP contribution >= 0.6 is 22.9 Å². The van der Waals surface area contributed by atoms with Crippen LogP contribution in [0.1, 0.15) is 16.1 Å². The van der Waals surface area contributed by atoms with Gasteiger partial charge in [-0.2, -0.15) is 5.10 Å². The number of thiophene rings is 1. The van der Waals surface area contributed by atoms with Crippen molar-refractivity contribution in [1.82, 2.24) is 19.7 Å². The highest BCUT2D eigenvalue weighted by atomic mass is 35.5. The van der Waals surface area contributed by atoms with Crippen LogP contribution in [0.2, 0.25) is 5.02 Å². The van der Waals surface area contributed by atoms with Crippen molar-refractivity contribution in [3.8, 4) is 0 Å². The molecule has 0 radical (unpaired) electrons. The molecule has 0 fully saturated rings. The van der Waals surface area contributed by atoms with Crippen molar-refractivity contribution in [2.75, 3.05) is 6.54 Å². The van der Waals surface area contributed by atoms with E-state index < -0.39 is 0 Å². The molecule has 3 heterocycles. The lowest BCUT2D eigenvalue weighted by Crippen LogP contribution is -2.29. The Morgan fingerprint density at radius 2 is 2.04 bits per heavy atom. The number of benzene rings is 1. The normalized spacial score (nSPS) is 11.1. The van der Waals surface area contributed by atoms with Crippen LogP contribution < -0.4 is 5.32 Å². The van der Waals surface area contributed by atoms with Crippen LogP contribution in [0.15, 0.2) is 60.2 Å². The van der Waals surface area contributed by atoms with E-state index in [-0.39, 0.29) is 5.91 Å². The summed E-state index contributed by atoms with van der Waals surface area (Å²) in [5.41, 5.74) is 3.07. The van der Waals surface area contributed by atoms with Gasteiger partial charge in [-0.15, -0.1) is 11.3 Å². The zero-order chi connectivity index (χ0) is 18.6. The molecule has 27 heavy (non-hydrogen) atoms. The summed E-state index contributed by atoms with van der Waals surface area (Å²) in [6, 6.07) is 14.4. The number of nitrogens with zero attached hydrogens (tertiary/aromatic N) is 3. The first-order valence-corrected chi connectivity index (χ1v) is 10.0. The second-order valence-electron chi connectivity index (χ2n) is 6.26. The second-order valence-corrected chi connectivity index (χ2v) is 7.65. The zero-order valence-corrected chi connectivity index (χ0v) is 16.2. The smallest absolute Gasteiger partial charge is 0.268 e. The number of carbonyl (C=O) groups excluding carboxylic acids is 1. The van der Waals surface area contributed by atoms with Gasteiger partial charge in [0.05, 0.1) is 28.0 Å². The highest BCUT2D eigenvalue weighted by Gasteiger charge is 2.16. The predicted molar refractivity (Wildman–Crippen MR) is 110 cm³/mol. The lowest BCUT2D eigenvalue weighted by Gasteiger charge is -2.11. The molecule has 0 aliphatic heterocycles. The van der Waals surface area contributed by atoms with E-state index in [9.17, 15) is 4.79 Å². The number of hydrogen-bond donors (Lipinski definition) is 1. The lowest BCUT2D eigenvalue weighted by atomic mass is 10.1. The summed E-state index contributed by atoms with van der Waals surface area (Å²) in [7, 11) is 0. The van der Waals surface area contributed by atoms with Gasteiger partial charge in [-0.3, -0.25) is 9.48 Å². The summed E-state index contributed by atoms with van der Waals surface area (Å²) in [6.07, 6.45) is 4.21. The van der Waals surface area contributed by atoms with E-state index in [0.29, 0.717) is 23.8 Å². The minimum Gasteiger partial charge on any atom is -0.349 e. The van der Waals surface area contributed by atoms with E-state index in [1.54, 1.807) is 28.4 Å². The van der Waals surface area contributed by atoms with Gasteiger partial charge in [-0.1, -0.05) is 41.9 Å². The van der Waals surface area contributed by atoms with E-state index >= 15 is 0 Å². The Kier molecular flexibility index (Phi) is 5.27. The largest absolute Gasteiger partial charge is 0.349 e. The first-order chi connectivity index (χ1) is 13.2. The van der Waals surface area contributed by atoms with Gasteiger partial charge in [0.1, 0.15) is 5.69 Å². The van der Waals surface area contributed by atoms with Crippen LogP contribution in [0.4, 0.5) is 0 Å². The first-order valence-electron chi connectivity index (χ1n) is 8.77. The van der Waals surface area contributed by atoms with Crippen molar-refractivity contribution in [3.05, 3.63) is 76.5 Å². The molecule has 5 nitrogen and oxygen atoms in total. The summed E-state index contributed by atoms with van der Waals surface area (Å²) in [5.74, 6) is -0.0651. The molecule has 4 aromatic rings. The van der Waals surface area contributed by atoms with Gasteiger partial charge in [0.15, 0.2) is 0 Å². The number of fused-ring (bicyclic) bond motifs is 1. The Balaban J connectivity index is 1.46. The van der Waals surface area contributed by atoms with Crippen LogP contribution in [0.3, 0.4) is 0 Å². The van der Waals surface area contributed by atoms with Crippen molar-refractivity contribution in [2.24, 2.45) is 0 Å². The molecule has 7 heteroatoms. The average Bonchev–Trinajstić information content (AvgIpc) is 3.37. The maximum atomic E-state index is 12.8. The third kappa shape index (κ3) is 4.07. The van der Waals surface area contributed by atoms with E-state index in [1.807, 2.05) is 24.3 Å². The standard InChI is InChI=1S/C20H19ClN4OS/c21-16-13-23-24(14-16)10-8-22-20(26)18-12-19-17(7-11-27-19)25(18)9-6-15-4-2-1-3-5-15/h1-5,7,11-14H,6,8-10H2,(H,22,26). The second kappa shape index (κ2) is 7.98. The predicted octanol–water partition coefficient (Wildman–Crippen LogP) is 4.23. The highest BCUT2D eigenvalue weighted by Crippen LogP contribution is 2.25. The monoisotopic (exact) mass is 398 g/mol. The van der Waals surface area contributed by atoms with Gasteiger partial charge in [0.2, 0.25) is 0 Å². The molecule has 0 unspecified atom stereocenters. The Morgan fingerprint density at radius 3 is 2.81 bits per heavy atom. The Labute approximate surface area is 166 Å². The van der Waals surface area contributed by atoms with Crippen LogP contribution in [-0.2, 0) is 19.5 Å². The molecule has 0 saturated heterocycles. The average molecular weight is 399 g/mol. The zero-order valence-electron chi connectivity index (χ0n) is 14.6. The minimum absolute atomic E-state index is 0.0651. The molecule has 0 aliphatic rings. The number of rotatable bonds is 7. The van der Waals surface area contributed by atoms with Gasteiger partial charge in [0.25, 0.3) is 5.91 Å². The third-order valence-electron chi connectivity index (χ3n) is 4.45. The molecule has 0 atom stereocenters. The van der Waals surface area contributed by atoms with Crippen LogP contribution in [0.25, 0.3) is 10.2 Å². The minimum atomic E-state index is -0.0651. The maximum absolute atomic E-state index is 12.8. The topological polar surface area (TPSA) is 51.9 Å². The Morgan fingerprint density at radius 1 is 1.19 bits per heavy atom. The van der Waals surface area contributed by atoms with Crippen LogP contribution in [0.5, 0.6) is 0 Å². The van der Waals surface area contributed by atoms with Crippen molar-refractivity contribution < 1.29 is 4.79 Å². The van der Waals surface area contributed by atoms with Crippen LogP contribution in [-0.4, -0.2) is 26.8 Å². The van der Waals surface area contributed by atoms with E-state index in [0.717, 1.165) is 23.2 Å². The molecule has 3 aromatic heterocycles. The molecule has 1 N–H and O–H groups in total. The number of aromatic nitrogens is 3. The molecule has 4 rings (SSSR count). The quantitative estimate of drug-likeness (QED) is 0.506. The Hall–Kier alpha value is -2.57. The molecular weight excluding hydrogens is 380 g/mol. The number of carbonyl (C=O) groups is 1. The number of hydrogen-bond acceptors (Lipinski definition) is 3. The fraction of sp³-hybridized carbons (Fsp3) is 0.200. The maximum Gasteiger partial charge on any atom is 0.268 e. The summed E-state index contributed by atoms with van der Waals surface area (Å²) >= 11 is 7.52.